The Hall–Kier alpha value is -1.15. The number of rotatable bonds is 2. The molecule has 67 valence electrons. The van der Waals surface area contributed by atoms with Crippen LogP contribution in [-0.2, 0) is 4.79 Å². The predicted molar refractivity (Wildman–Crippen MR) is 51.0 cm³/mol. The Morgan fingerprint density at radius 1 is 1.23 bits per heavy atom. The Morgan fingerprint density at radius 3 is 2.62 bits per heavy atom. The zero-order chi connectivity index (χ0) is 9.10. The molecule has 0 bridgehead atoms. The van der Waals surface area contributed by atoms with Crippen molar-refractivity contribution in [2.45, 2.75) is 24.9 Å². The lowest BCUT2D eigenvalue weighted by atomic mass is 10.1. The van der Waals surface area contributed by atoms with Crippen molar-refractivity contribution >= 4 is 6.29 Å². The highest BCUT2D eigenvalue weighted by Crippen LogP contribution is 2.25. The van der Waals surface area contributed by atoms with E-state index in [0.29, 0.717) is 6.04 Å². The van der Waals surface area contributed by atoms with Crippen LogP contribution in [0.5, 0.6) is 0 Å². The molecule has 1 aliphatic rings. The van der Waals surface area contributed by atoms with Crippen LogP contribution in [0.2, 0.25) is 0 Å². The molecule has 2 heteroatoms. The monoisotopic (exact) mass is 174 g/mol. The van der Waals surface area contributed by atoms with E-state index < -0.39 is 0 Å². The average Bonchev–Trinajstić information content (AvgIpc) is 2.67. The van der Waals surface area contributed by atoms with Gasteiger partial charge in [-0.25, -0.2) is 0 Å². The fourth-order valence-corrected chi connectivity index (χ4v) is 1.78. The molecule has 0 aliphatic carbocycles. The maximum Gasteiger partial charge on any atom is 0.216 e. The van der Waals surface area contributed by atoms with Crippen molar-refractivity contribution in [3.63, 3.8) is 0 Å². The largest absolute Gasteiger partial charge is 0.300 e. The molecule has 2 nitrogen and oxygen atoms in total. The van der Waals surface area contributed by atoms with Gasteiger partial charge < -0.3 is 5.32 Å². The summed E-state index contributed by atoms with van der Waals surface area (Å²) in [6.45, 7) is 0. The lowest BCUT2D eigenvalue weighted by Gasteiger charge is -2.10. The van der Waals surface area contributed by atoms with Gasteiger partial charge in [0.25, 0.3) is 0 Å². The van der Waals surface area contributed by atoms with Gasteiger partial charge in [-0.2, -0.15) is 0 Å². The molecule has 1 heterocycles. The summed E-state index contributed by atoms with van der Waals surface area (Å²) in [5, 5.41) is 3.23. The standard InChI is InChI=1S/C11H12NO/c13-8-10-6-7-11(12-10)9-4-2-1-3-5-9/h1-5,10-12H,6-7H2. The Kier molecular flexibility index (Phi) is 2.41. The highest BCUT2D eigenvalue weighted by atomic mass is 16.1. The van der Waals surface area contributed by atoms with Crippen LogP contribution < -0.4 is 5.32 Å². The van der Waals surface area contributed by atoms with Gasteiger partial charge in [0.1, 0.15) is 0 Å². The van der Waals surface area contributed by atoms with Crippen LogP contribution in [0.1, 0.15) is 24.4 Å². The number of carbonyl (C=O) groups excluding carboxylic acids is 1. The maximum absolute atomic E-state index is 10.4. The fraction of sp³-hybridized carbons (Fsp3) is 0.364. The van der Waals surface area contributed by atoms with E-state index in [2.05, 4.69) is 17.4 Å². The molecule has 1 fully saturated rings. The number of hydrogen-bond acceptors (Lipinski definition) is 2. The summed E-state index contributed by atoms with van der Waals surface area (Å²) >= 11 is 0. The lowest BCUT2D eigenvalue weighted by Crippen LogP contribution is -2.25. The normalized spacial score (nSPS) is 27.4. The highest BCUT2D eigenvalue weighted by Gasteiger charge is 2.24. The van der Waals surface area contributed by atoms with Gasteiger partial charge in [0.05, 0.1) is 6.04 Å². The first kappa shape index (κ1) is 8.45. The second-order valence-electron chi connectivity index (χ2n) is 3.38. The Labute approximate surface area is 78.0 Å². The SMILES string of the molecule is O=[C]C1CCC(c2ccccc2)N1. The second-order valence-corrected chi connectivity index (χ2v) is 3.38. The summed E-state index contributed by atoms with van der Waals surface area (Å²) in [5.41, 5.74) is 1.26. The molecule has 2 rings (SSSR count). The quantitative estimate of drug-likeness (QED) is 0.737. The topological polar surface area (TPSA) is 29.1 Å². The number of nitrogens with one attached hydrogen (secondary N) is 1. The third-order valence-electron chi connectivity index (χ3n) is 2.49. The summed E-state index contributed by atoms with van der Waals surface area (Å²) < 4.78 is 0. The molecule has 1 aromatic rings. The van der Waals surface area contributed by atoms with Crippen molar-refractivity contribution < 1.29 is 4.79 Å². The number of hydrogen-bond donors (Lipinski definition) is 1. The molecule has 1 saturated heterocycles. The van der Waals surface area contributed by atoms with Crippen LogP contribution in [0.15, 0.2) is 30.3 Å². The molecule has 2 atom stereocenters. The van der Waals surface area contributed by atoms with E-state index in [1.165, 1.54) is 5.56 Å². The Bertz CT molecular complexity index is 283. The molecular weight excluding hydrogens is 162 g/mol. The zero-order valence-electron chi connectivity index (χ0n) is 7.36. The maximum atomic E-state index is 10.4. The van der Waals surface area contributed by atoms with E-state index in [-0.39, 0.29) is 6.04 Å². The molecule has 1 aromatic carbocycles. The van der Waals surface area contributed by atoms with Crippen molar-refractivity contribution in [2.24, 2.45) is 0 Å². The molecule has 2 unspecified atom stereocenters. The Balaban J connectivity index is 2.08. The molecule has 0 aromatic heterocycles. The summed E-state index contributed by atoms with van der Waals surface area (Å²) in [6, 6.07) is 10.5. The average molecular weight is 174 g/mol. The van der Waals surface area contributed by atoms with Crippen LogP contribution >= 0.6 is 0 Å². The summed E-state index contributed by atoms with van der Waals surface area (Å²) in [6.07, 6.45) is 3.94. The zero-order valence-corrected chi connectivity index (χ0v) is 7.36. The van der Waals surface area contributed by atoms with Gasteiger partial charge in [0.15, 0.2) is 0 Å². The number of benzene rings is 1. The molecule has 0 saturated carbocycles. The first-order valence-corrected chi connectivity index (χ1v) is 4.59. The lowest BCUT2D eigenvalue weighted by molar-refractivity contribution is 0.526. The first-order chi connectivity index (χ1) is 6.40. The molecule has 13 heavy (non-hydrogen) atoms. The molecule has 0 spiro atoms. The minimum atomic E-state index is -0.0646. The molecular formula is C11H12NO. The summed E-state index contributed by atoms with van der Waals surface area (Å²) in [5.74, 6) is 0. The Morgan fingerprint density at radius 2 is 2.00 bits per heavy atom. The summed E-state index contributed by atoms with van der Waals surface area (Å²) in [7, 11) is 0. The van der Waals surface area contributed by atoms with Crippen molar-refractivity contribution in [2.75, 3.05) is 0 Å². The third-order valence-corrected chi connectivity index (χ3v) is 2.49. The van der Waals surface area contributed by atoms with E-state index >= 15 is 0 Å². The van der Waals surface area contributed by atoms with Crippen molar-refractivity contribution in [3.8, 4) is 0 Å². The van der Waals surface area contributed by atoms with Crippen LogP contribution in [0.25, 0.3) is 0 Å². The van der Waals surface area contributed by atoms with E-state index in [9.17, 15) is 4.79 Å². The first-order valence-electron chi connectivity index (χ1n) is 4.59. The molecule has 1 N–H and O–H groups in total. The smallest absolute Gasteiger partial charge is 0.216 e. The highest BCUT2D eigenvalue weighted by molar-refractivity contribution is 5.59. The minimum Gasteiger partial charge on any atom is -0.300 e. The van der Waals surface area contributed by atoms with Crippen LogP contribution in [0.4, 0.5) is 0 Å². The van der Waals surface area contributed by atoms with Gasteiger partial charge in [-0.1, -0.05) is 30.3 Å². The van der Waals surface area contributed by atoms with Crippen molar-refractivity contribution in [1.82, 2.24) is 5.32 Å². The van der Waals surface area contributed by atoms with Gasteiger partial charge in [0, 0.05) is 6.04 Å². The fourth-order valence-electron chi connectivity index (χ4n) is 1.78. The van der Waals surface area contributed by atoms with E-state index in [0.717, 1.165) is 12.8 Å². The minimum absolute atomic E-state index is 0.0646. The van der Waals surface area contributed by atoms with Crippen LogP contribution in [0, 0.1) is 0 Å². The molecule has 0 amide bonds. The van der Waals surface area contributed by atoms with Gasteiger partial charge in [-0.05, 0) is 18.4 Å². The van der Waals surface area contributed by atoms with Gasteiger partial charge in [0.2, 0.25) is 6.29 Å². The van der Waals surface area contributed by atoms with Gasteiger partial charge in [-0.15, -0.1) is 0 Å². The van der Waals surface area contributed by atoms with E-state index in [1.807, 2.05) is 24.5 Å². The van der Waals surface area contributed by atoms with Crippen LogP contribution in [-0.4, -0.2) is 12.3 Å². The molecule has 1 radical (unpaired) electrons. The third kappa shape index (κ3) is 1.78. The van der Waals surface area contributed by atoms with E-state index in [4.69, 9.17) is 0 Å². The second kappa shape index (κ2) is 3.71. The van der Waals surface area contributed by atoms with Gasteiger partial charge in [-0.3, -0.25) is 4.79 Å². The predicted octanol–water partition coefficient (Wildman–Crippen LogP) is 1.59. The van der Waals surface area contributed by atoms with Gasteiger partial charge >= 0.3 is 0 Å². The van der Waals surface area contributed by atoms with E-state index in [1.54, 1.807) is 0 Å². The molecule has 1 aliphatic heterocycles. The van der Waals surface area contributed by atoms with Crippen molar-refractivity contribution in [3.05, 3.63) is 35.9 Å². The van der Waals surface area contributed by atoms with Crippen molar-refractivity contribution in [1.29, 1.82) is 0 Å². The van der Waals surface area contributed by atoms with Crippen LogP contribution in [0.3, 0.4) is 0 Å². The summed E-state index contributed by atoms with van der Waals surface area (Å²) in [4.78, 5) is 10.4.